The highest BCUT2D eigenvalue weighted by atomic mass is 16.6. The molecule has 0 aliphatic carbocycles. The van der Waals surface area contributed by atoms with Gasteiger partial charge in [-0.3, -0.25) is 0 Å². The fraction of sp³-hybridized carbons (Fsp3) is 0.900. The molecule has 0 bridgehead atoms. The summed E-state index contributed by atoms with van der Waals surface area (Å²) in [6.07, 6.45) is -1.49. The molecular formula is C20H38N2O6. The lowest BCUT2D eigenvalue weighted by Gasteiger charge is -2.24. The van der Waals surface area contributed by atoms with Crippen LogP contribution in [0.5, 0.6) is 0 Å². The number of nitrogens with zero attached hydrogens (tertiary/aromatic N) is 2. The van der Waals surface area contributed by atoms with Crippen LogP contribution in [0.25, 0.3) is 0 Å². The number of aliphatic hydroxyl groups excluding tert-OH is 2. The van der Waals surface area contributed by atoms with Gasteiger partial charge in [-0.2, -0.15) is 0 Å². The van der Waals surface area contributed by atoms with Gasteiger partial charge in [0, 0.05) is 24.9 Å². The number of β-amino-alcohol motifs (C(OH)–C–C–N with tert-alkyl or cyclic N) is 2. The Labute approximate surface area is 168 Å². The van der Waals surface area contributed by atoms with Crippen LogP contribution in [0.4, 0.5) is 9.59 Å². The molecular weight excluding hydrogens is 364 g/mol. The fourth-order valence-electron chi connectivity index (χ4n) is 2.85. The average molecular weight is 403 g/mol. The molecule has 4 atom stereocenters. The molecule has 0 spiro atoms. The summed E-state index contributed by atoms with van der Waals surface area (Å²) in [4.78, 5) is 26.2. The van der Waals surface area contributed by atoms with E-state index < -0.39 is 23.4 Å². The molecule has 0 aromatic carbocycles. The second kappa shape index (κ2) is 9.31. The molecule has 2 N–H and O–H groups in total. The monoisotopic (exact) mass is 402 g/mol. The Morgan fingerprint density at radius 2 is 1.00 bits per heavy atom. The number of ether oxygens (including phenoxy) is 2. The second-order valence-corrected chi connectivity index (χ2v) is 9.86. The number of amides is 2. The fourth-order valence-corrected chi connectivity index (χ4v) is 2.85. The van der Waals surface area contributed by atoms with Crippen molar-refractivity contribution in [3.8, 4) is 0 Å². The third-order valence-corrected chi connectivity index (χ3v) is 4.45. The van der Waals surface area contributed by atoms with Gasteiger partial charge in [0.1, 0.15) is 11.2 Å². The average Bonchev–Trinajstić information content (AvgIpc) is 3.00. The predicted molar refractivity (Wildman–Crippen MR) is 106 cm³/mol. The van der Waals surface area contributed by atoms with Crippen molar-refractivity contribution in [3.05, 3.63) is 0 Å². The highest BCUT2D eigenvalue weighted by molar-refractivity contribution is 5.69. The van der Waals surface area contributed by atoms with Gasteiger partial charge in [-0.15, -0.1) is 0 Å². The first-order valence-corrected chi connectivity index (χ1v) is 9.91. The lowest BCUT2D eigenvalue weighted by atomic mass is 10.1. The van der Waals surface area contributed by atoms with Gasteiger partial charge in [-0.25, -0.2) is 9.59 Å². The zero-order valence-corrected chi connectivity index (χ0v) is 18.6. The van der Waals surface area contributed by atoms with E-state index in [9.17, 15) is 19.8 Å². The van der Waals surface area contributed by atoms with Crippen molar-refractivity contribution >= 4 is 12.2 Å². The number of rotatable bonds is 0. The molecule has 28 heavy (non-hydrogen) atoms. The Hall–Kier alpha value is -1.54. The van der Waals surface area contributed by atoms with Crippen LogP contribution in [0.3, 0.4) is 0 Å². The summed E-state index contributed by atoms with van der Waals surface area (Å²) < 4.78 is 10.4. The summed E-state index contributed by atoms with van der Waals surface area (Å²) in [6, 6.07) is 0. The third kappa shape index (κ3) is 8.22. The molecule has 0 aromatic rings. The Bertz CT molecular complexity index is 472. The summed E-state index contributed by atoms with van der Waals surface area (Å²) in [6.45, 7) is 16.8. The standard InChI is InChI=1S/2C10H19NO3/c2*1-7-5-11(6-8(7)12)9(13)14-10(2,3)4/h2*7-8,12H,5-6H2,1-4H3/t2*7-,8-/m10/s1. The first kappa shape index (κ1) is 24.5. The van der Waals surface area contributed by atoms with Crippen LogP contribution < -0.4 is 0 Å². The minimum Gasteiger partial charge on any atom is -0.444 e. The van der Waals surface area contributed by atoms with Gasteiger partial charge >= 0.3 is 12.2 Å². The molecule has 2 aliphatic heterocycles. The Morgan fingerprint density at radius 3 is 1.18 bits per heavy atom. The van der Waals surface area contributed by atoms with Gasteiger partial charge in [-0.1, -0.05) is 13.8 Å². The van der Waals surface area contributed by atoms with Crippen molar-refractivity contribution in [1.29, 1.82) is 0 Å². The largest absolute Gasteiger partial charge is 0.444 e. The molecule has 0 radical (unpaired) electrons. The number of hydrogen-bond donors (Lipinski definition) is 2. The lowest BCUT2D eigenvalue weighted by molar-refractivity contribution is 0.0261. The molecule has 8 heteroatoms. The normalized spacial score (nSPS) is 27.9. The van der Waals surface area contributed by atoms with E-state index in [0.717, 1.165) is 0 Å². The van der Waals surface area contributed by atoms with Crippen molar-refractivity contribution in [2.45, 2.75) is 78.8 Å². The van der Waals surface area contributed by atoms with Gasteiger partial charge in [0.15, 0.2) is 0 Å². The molecule has 2 rings (SSSR count). The smallest absolute Gasteiger partial charge is 0.410 e. The van der Waals surface area contributed by atoms with Crippen LogP contribution in [0.1, 0.15) is 55.4 Å². The van der Waals surface area contributed by atoms with Gasteiger partial charge in [0.2, 0.25) is 0 Å². The Balaban J connectivity index is 0.000000280. The SMILES string of the molecule is C[C@@H]1CN(C(=O)OC(C)(C)C)C[C@H]1O.C[C@H]1CN(C(=O)OC(C)(C)C)C[C@@H]1O. The summed E-state index contributed by atoms with van der Waals surface area (Å²) >= 11 is 0. The van der Waals surface area contributed by atoms with Crippen LogP contribution >= 0.6 is 0 Å². The van der Waals surface area contributed by atoms with E-state index in [1.165, 1.54) is 0 Å². The molecule has 2 heterocycles. The van der Waals surface area contributed by atoms with Gasteiger partial charge in [-0.05, 0) is 41.5 Å². The topological polar surface area (TPSA) is 99.5 Å². The molecule has 0 saturated carbocycles. The van der Waals surface area contributed by atoms with E-state index in [0.29, 0.717) is 26.2 Å². The molecule has 0 aromatic heterocycles. The Kier molecular flexibility index (Phi) is 8.14. The zero-order chi connectivity index (χ0) is 21.9. The van der Waals surface area contributed by atoms with E-state index in [2.05, 4.69) is 0 Å². The van der Waals surface area contributed by atoms with Crippen LogP contribution in [0, 0.1) is 11.8 Å². The molecule has 164 valence electrons. The lowest BCUT2D eigenvalue weighted by Crippen LogP contribution is -2.35. The van der Waals surface area contributed by atoms with Crippen LogP contribution in [-0.4, -0.2) is 81.8 Å². The summed E-state index contributed by atoms with van der Waals surface area (Å²) in [5, 5.41) is 18.9. The van der Waals surface area contributed by atoms with E-state index in [1.807, 2.05) is 55.4 Å². The second-order valence-electron chi connectivity index (χ2n) is 9.86. The minimum atomic E-state index is -0.464. The van der Waals surface area contributed by atoms with Gasteiger partial charge < -0.3 is 29.5 Å². The van der Waals surface area contributed by atoms with E-state index in [4.69, 9.17) is 9.47 Å². The summed E-state index contributed by atoms with van der Waals surface area (Å²) in [5.74, 6) is 0.282. The maximum atomic E-state index is 11.5. The quantitative estimate of drug-likeness (QED) is 0.646. The number of hydrogen-bond acceptors (Lipinski definition) is 6. The number of likely N-dealkylation sites (tertiary alicyclic amines) is 2. The Morgan fingerprint density at radius 1 is 0.714 bits per heavy atom. The predicted octanol–water partition coefficient (Wildman–Crippen LogP) is 2.47. The maximum absolute atomic E-state index is 11.5. The maximum Gasteiger partial charge on any atom is 0.410 e. The van der Waals surface area contributed by atoms with E-state index in [-0.39, 0.29) is 24.0 Å². The number of carbonyl (C=O) groups excluding carboxylic acids is 2. The first-order chi connectivity index (χ1) is 12.6. The number of carbonyl (C=O) groups is 2. The van der Waals surface area contributed by atoms with Crippen molar-refractivity contribution in [1.82, 2.24) is 9.80 Å². The van der Waals surface area contributed by atoms with Crippen molar-refractivity contribution in [2.24, 2.45) is 11.8 Å². The van der Waals surface area contributed by atoms with Gasteiger partial charge in [0.05, 0.1) is 25.3 Å². The zero-order valence-electron chi connectivity index (χ0n) is 18.6. The van der Waals surface area contributed by atoms with Crippen molar-refractivity contribution < 1.29 is 29.3 Å². The highest BCUT2D eigenvalue weighted by Gasteiger charge is 2.34. The third-order valence-electron chi connectivity index (χ3n) is 4.45. The molecule has 2 saturated heterocycles. The summed E-state index contributed by atoms with van der Waals surface area (Å²) in [5.41, 5.74) is -0.929. The van der Waals surface area contributed by atoms with Gasteiger partial charge in [0.25, 0.3) is 0 Å². The van der Waals surface area contributed by atoms with Crippen LogP contribution in [0.15, 0.2) is 0 Å². The van der Waals surface area contributed by atoms with E-state index in [1.54, 1.807) is 9.80 Å². The van der Waals surface area contributed by atoms with E-state index >= 15 is 0 Å². The summed E-state index contributed by atoms with van der Waals surface area (Å²) in [7, 11) is 0. The van der Waals surface area contributed by atoms with Crippen molar-refractivity contribution in [2.75, 3.05) is 26.2 Å². The van der Waals surface area contributed by atoms with Crippen molar-refractivity contribution in [3.63, 3.8) is 0 Å². The highest BCUT2D eigenvalue weighted by Crippen LogP contribution is 2.20. The minimum absolute atomic E-state index is 0.141. The molecule has 0 unspecified atom stereocenters. The first-order valence-electron chi connectivity index (χ1n) is 9.91. The molecule has 8 nitrogen and oxygen atoms in total. The van der Waals surface area contributed by atoms with Crippen LogP contribution in [0.2, 0.25) is 0 Å². The van der Waals surface area contributed by atoms with Crippen LogP contribution in [-0.2, 0) is 9.47 Å². The number of aliphatic hydroxyl groups is 2. The molecule has 2 amide bonds. The molecule has 2 aliphatic rings. The molecule has 2 fully saturated rings.